The Bertz CT molecular complexity index is 500. The minimum Gasteiger partial charge on any atom is -0.333 e. The van der Waals surface area contributed by atoms with Crippen molar-refractivity contribution in [2.75, 3.05) is 0 Å². The molecule has 0 amide bonds. The Kier molecular flexibility index (Phi) is 2.37. The highest BCUT2D eigenvalue weighted by Gasteiger charge is 2.06. The maximum atomic E-state index is 10.6. The highest BCUT2D eigenvalue weighted by Crippen LogP contribution is 2.18. The molecule has 1 heterocycles. The summed E-state index contributed by atoms with van der Waals surface area (Å²) in [6, 6.07) is 8.06. The summed E-state index contributed by atoms with van der Waals surface area (Å²) in [6.07, 6.45) is 2.49. The van der Waals surface area contributed by atoms with E-state index >= 15 is 0 Å². The number of aryl methyl sites for hydroxylation is 2. The molecule has 0 spiro atoms. The van der Waals surface area contributed by atoms with Gasteiger partial charge in [-0.1, -0.05) is 23.8 Å². The van der Waals surface area contributed by atoms with Crippen LogP contribution in [0.25, 0.3) is 11.4 Å². The van der Waals surface area contributed by atoms with Crippen molar-refractivity contribution in [1.29, 1.82) is 0 Å². The molecular formula is C12H12N2O. The van der Waals surface area contributed by atoms with Gasteiger partial charge in [-0.2, -0.15) is 0 Å². The van der Waals surface area contributed by atoms with Gasteiger partial charge in [-0.3, -0.25) is 4.79 Å². The molecule has 0 radical (unpaired) electrons. The zero-order chi connectivity index (χ0) is 10.8. The second kappa shape index (κ2) is 3.69. The van der Waals surface area contributed by atoms with Crippen LogP contribution < -0.4 is 0 Å². The molecule has 0 aliphatic heterocycles. The number of hydrogen-bond acceptors (Lipinski definition) is 2. The van der Waals surface area contributed by atoms with Crippen LogP contribution in [0.5, 0.6) is 0 Å². The fourth-order valence-corrected chi connectivity index (χ4v) is 1.60. The Labute approximate surface area is 88.4 Å². The molecule has 0 saturated heterocycles. The van der Waals surface area contributed by atoms with Gasteiger partial charge >= 0.3 is 0 Å². The number of hydrogen-bond donors (Lipinski definition) is 0. The first-order valence-electron chi connectivity index (χ1n) is 4.76. The summed E-state index contributed by atoms with van der Waals surface area (Å²) in [6.45, 7) is 2.03. The van der Waals surface area contributed by atoms with Gasteiger partial charge in [0.1, 0.15) is 11.5 Å². The van der Waals surface area contributed by atoms with Crippen molar-refractivity contribution in [2.45, 2.75) is 6.92 Å². The molecule has 76 valence electrons. The Morgan fingerprint density at radius 1 is 1.40 bits per heavy atom. The van der Waals surface area contributed by atoms with E-state index in [1.165, 1.54) is 5.56 Å². The van der Waals surface area contributed by atoms with E-state index in [9.17, 15) is 4.79 Å². The third-order valence-electron chi connectivity index (χ3n) is 2.29. The van der Waals surface area contributed by atoms with E-state index in [1.54, 1.807) is 6.20 Å². The zero-order valence-electron chi connectivity index (χ0n) is 8.77. The predicted octanol–water partition coefficient (Wildman–Crippen LogP) is 2.21. The average molecular weight is 200 g/mol. The number of rotatable bonds is 2. The number of aromatic nitrogens is 2. The first-order chi connectivity index (χ1) is 7.20. The number of benzene rings is 1. The predicted molar refractivity (Wildman–Crippen MR) is 58.8 cm³/mol. The summed E-state index contributed by atoms with van der Waals surface area (Å²) < 4.78 is 1.86. The molecule has 0 bridgehead atoms. The van der Waals surface area contributed by atoms with Gasteiger partial charge in [-0.15, -0.1) is 0 Å². The summed E-state index contributed by atoms with van der Waals surface area (Å²) in [5.41, 5.74) is 2.68. The van der Waals surface area contributed by atoms with Gasteiger partial charge in [-0.05, 0) is 13.0 Å². The van der Waals surface area contributed by atoms with Crippen LogP contribution in [-0.4, -0.2) is 15.8 Å². The molecule has 0 atom stereocenters. The number of aldehydes is 1. The van der Waals surface area contributed by atoms with E-state index in [4.69, 9.17) is 0 Å². The van der Waals surface area contributed by atoms with Gasteiger partial charge < -0.3 is 4.57 Å². The molecule has 3 nitrogen and oxygen atoms in total. The first kappa shape index (κ1) is 9.65. The van der Waals surface area contributed by atoms with E-state index in [-0.39, 0.29) is 0 Å². The highest BCUT2D eigenvalue weighted by atomic mass is 16.1. The minimum absolute atomic E-state index is 0.467. The van der Waals surface area contributed by atoms with Gasteiger partial charge in [0.15, 0.2) is 6.29 Å². The van der Waals surface area contributed by atoms with E-state index < -0.39 is 0 Å². The standard InChI is InChI=1S/C12H12N2O/c1-9-4-3-5-10(6-9)12-13-11(8-15)7-14(12)2/h3-8H,1-2H3. The lowest BCUT2D eigenvalue weighted by molar-refractivity contribution is 0.111. The van der Waals surface area contributed by atoms with Crippen LogP contribution >= 0.6 is 0 Å². The van der Waals surface area contributed by atoms with Gasteiger partial charge in [0, 0.05) is 18.8 Å². The Hall–Kier alpha value is -1.90. The molecule has 0 aliphatic carbocycles. The molecule has 0 N–H and O–H groups in total. The lowest BCUT2D eigenvalue weighted by Gasteiger charge is -2.01. The molecule has 0 fully saturated rings. The Balaban J connectivity index is 2.53. The number of imidazole rings is 1. The van der Waals surface area contributed by atoms with Crippen LogP contribution in [0.15, 0.2) is 30.5 Å². The molecule has 0 unspecified atom stereocenters. The molecule has 15 heavy (non-hydrogen) atoms. The van der Waals surface area contributed by atoms with Gasteiger partial charge in [0.05, 0.1) is 0 Å². The van der Waals surface area contributed by atoms with Gasteiger partial charge in [0.2, 0.25) is 0 Å². The summed E-state index contributed by atoms with van der Waals surface area (Å²) >= 11 is 0. The normalized spacial score (nSPS) is 10.3. The first-order valence-corrected chi connectivity index (χ1v) is 4.76. The third kappa shape index (κ3) is 1.81. The van der Waals surface area contributed by atoms with Crippen LogP contribution in [-0.2, 0) is 7.05 Å². The number of carbonyl (C=O) groups excluding carboxylic acids is 1. The lowest BCUT2D eigenvalue weighted by Crippen LogP contribution is -1.91. The second-order valence-corrected chi connectivity index (χ2v) is 3.59. The summed E-state index contributed by atoms with van der Waals surface area (Å²) in [5.74, 6) is 0.820. The maximum absolute atomic E-state index is 10.6. The van der Waals surface area contributed by atoms with Crippen molar-refractivity contribution >= 4 is 6.29 Å². The maximum Gasteiger partial charge on any atom is 0.170 e. The lowest BCUT2D eigenvalue weighted by atomic mass is 10.1. The van der Waals surface area contributed by atoms with Crippen LogP contribution in [0.1, 0.15) is 16.1 Å². The van der Waals surface area contributed by atoms with Crippen LogP contribution in [0.3, 0.4) is 0 Å². The quantitative estimate of drug-likeness (QED) is 0.696. The fourth-order valence-electron chi connectivity index (χ4n) is 1.60. The fraction of sp³-hybridized carbons (Fsp3) is 0.167. The topological polar surface area (TPSA) is 34.9 Å². The van der Waals surface area contributed by atoms with Gasteiger partial charge in [-0.25, -0.2) is 4.98 Å². The van der Waals surface area contributed by atoms with Crippen molar-refractivity contribution in [3.05, 3.63) is 41.7 Å². The van der Waals surface area contributed by atoms with Crippen molar-refractivity contribution in [3.63, 3.8) is 0 Å². The summed E-state index contributed by atoms with van der Waals surface area (Å²) in [7, 11) is 1.89. The van der Waals surface area contributed by atoms with Crippen LogP contribution in [0, 0.1) is 6.92 Å². The Morgan fingerprint density at radius 2 is 2.20 bits per heavy atom. The minimum atomic E-state index is 0.467. The van der Waals surface area contributed by atoms with Crippen molar-refractivity contribution in [3.8, 4) is 11.4 Å². The molecular weight excluding hydrogens is 188 g/mol. The summed E-state index contributed by atoms with van der Waals surface area (Å²) in [5, 5.41) is 0. The van der Waals surface area contributed by atoms with Crippen LogP contribution in [0.4, 0.5) is 0 Å². The number of nitrogens with zero attached hydrogens (tertiary/aromatic N) is 2. The third-order valence-corrected chi connectivity index (χ3v) is 2.29. The molecule has 3 heteroatoms. The smallest absolute Gasteiger partial charge is 0.170 e. The molecule has 2 aromatic rings. The zero-order valence-corrected chi connectivity index (χ0v) is 8.77. The summed E-state index contributed by atoms with van der Waals surface area (Å²) in [4.78, 5) is 14.8. The molecule has 1 aromatic carbocycles. The highest BCUT2D eigenvalue weighted by molar-refractivity contribution is 5.73. The van der Waals surface area contributed by atoms with Gasteiger partial charge in [0.25, 0.3) is 0 Å². The van der Waals surface area contributed by atoms with Crippen molar-refractivity contribution in [1.82, 2.24) is 9.55 Å². The van der Waals surface area contributed by atoms with E-state index in [0.29, 0.717) is 5.69 Å². The second-order valence-electron chi connectivity index (χ2n) is 3.59. The van der Waals surface area contributed by atoms with E-state index in [0.717, 1.165) is 17.7 Å². The monoisotopic (exact) mass is 200 g/mol. The SMILES string of the molecule is Cc1cccc(-c2nc(C=O)cn2C)c1. The van der Waals surface area contributed by atoms with Crippen molar-refractivity contribution < 1.29 is 4.79 Å². The molecule has 2 rings (SSSR count). The molecule has 0 saturated carbocycles. The van der Waals surface area contributed by atoms with E-state index in [2.05, 4.69) is 11.1 Å². The Morgan fingerprint density at radius 3 is 2.80 bits per heavy atom. The van der Waals surface area contributed by atoms with Crippen molar-refractivity contribution in [2.24, 2.45) is 7.05 Å². The number of carbonyl (C=O) groups is 1. The molecule has 1 aromatic heterocycles. The molecule has 0 aliphatic rings. The van der Waals surface area contributed by atoms with E-state index in [1.807, 2.05) is 36.7 Å². The largest absolute Gasteiger partial charge is 0.333 e. The van der Waals surface area contributed by atoms with Crippen LogP contribution in [0.2, 0.25) is 0 Å². The average Bonchev–Trinajstić information content (AvgIpc) is 2.60.